The maximum Gasteiger partial charge on any atom is 0.191 e. The molecule has 6 heteroatoms. The van der Waals surface area contributed by atoms with Crippen molar-refractivity contribution in [3.05, 3.63) is 35.4 Å². The van der Waals surface area contributed by atoms with Crippen molar-refractivity contribution in [1.29, 1.82) is 0 Å². The van der Waals surface area contributed by atoms with Gasteiger partial charge in [0.05, 0.1) is 25.4 Å². The number of nitrogens with one attached hydrogen (secondary N) is 2. The average molecular weight is 432 g/mol. The Kier molecular flexibility index (Phi) is 11.2. The van der Waals surface area contributed by atoms with E-state index in [2.05, 4.69) is 41.8 Å². The first-order valence-electron chi connectivity index (χ1n) is 12.2. The lowest BCUT2D eigenvalue weighted by Gasteiger charge is -2.22. The highest BCUT2D eigenvalue weighted by Crippen LogP contribution is 2.20. The standard InChI is InChI=1S/C25H41N3O3/c1-2-26-25(27-14-7-15-30-23-10-4-3-5-11-23)28-19-21-8-6-9-22(18-21)20-31-24-12-16-29-17-13-24/h6,8-9,18,23-24H,2-5,7,10-17,19-20H2,1H3,(H2,26,27,28). The van der Waals surface area contributed by atoms with Crippen LogP contribution in [-0.2, 0) is 27.4 Å². The molecular weight excluding hydrogens is 390 g/mol. The summed E-state index contributed by atoms with van der Waals surface area (Å²) in [5, 5.41) is 6.77. The fourth-order valence-corrected chi connectivity index (χ4v) is 4.15. The SMILES string of the molecule is CCNC(=NCc1cccc(COC2CCOCC2)c1)NCCCOC1CCCCC1. The number of benzene rings is 1. The van der Waals surface area contributed by atoms with Gasteiger partial charge in [-0.2, -0.15) is 0 Å². The zero-order valence-corrected chi connectivity index (χ0v) is 19.2. The van der Waals surface area contributed by atoms with Crippen LogP contribution < -0.4 is 10.6 Å². The summed E-state index contributed by atoms with van der Waals surface area (Å²) >= 11 is 0. The Morgan fingerprint density at radius 1 is 1.00 bits per heavy atom. The summed E-state index contributed by atoms with van der Waals surface area (Å²) in [7, 11) is 0. The third kappa shape index (κ3) is 9.58. The number of guanidine groups is 1. The van der Waals surface area contributed by atoms with Gasteiger partial charge in [-0.3, -0.25) is 0 Å². The van der Waals surface area contributed by atoms with Crippen LogP contribution in [0.3, 0.4) is 0 Å². The average Bonchev–Trinajstić information content (AvgIpc) is 2.82. The lowest BCUT2D eigenvalue weighted by Crippen LogP contribution is -2.38. The Morgan fingerprint density at radius 2 is 1.77 bits per heavy atom. The molecule has 0 bridgehead atoms. The molecule has 1 aliphatic carbocycles. The second-order valence-corrected chi connectivity index (χ2v) is 8.55. The van der Waals surface area contributed by atoms with E-state index in [9.17, 15) is 0 Å². The normalized spacial score (nSPS) is 18.8. The summed E-state index contributed by atoms with van der Waals surface area (Å²) in [6.07, 6.45) is 10.3. The first-order chi connectivity index (χ1) is 15.3. The molecule has 0 atom stereocenters. The number of ether oxygens (including phenoxy) is 3. The van der Waals surface area contributed by atoms with Gasteiger partial charge in [-0.1, -0.05) is 43.5 Å². The zero-order chi connectivity index (χ0) is 21.6. The van der Waals surface area contributed by atoms with Crippen LogP contribution in [0.1, 0.15) is 69.4 Å². The van der Waals surface area contributed by atoms with E-state index in [4.69, 9.17) is 19.2 Å². The molecule has 1 aromatic carbocycles. The van der Waals surface area contributed by atoms with Gasteiger partial charge in [0.2, 0.25) is 0 Å². The first-order valence-corrected chi connectivity index (χ1v) is 12.2. The maximum absolute atomic E-state index is 6.06. The van der Waals surface area contributed by atoms with Gasteiger partial charge in [0, 0.05) is 32.9 Å². The first kappa shape index (κ1) is 24.0. The molecule has 1 aromatic rings. The molecule has 3 rings (SSSR count). The van der Waals surface area contributed by atoms with Crippen LogP contribution in [0.25, 0.3) is 0 Å². The van der Waals surface area contributed by atoms with Crippen LogP contribution in [-0.4, -0.2) is 51.1 Å². The minimum absolute atomic E-state index is 0.321. The molecule has 0 aromatic heterocycles. The zero-order valence-electron chi connectivity index (χ0n) is 19.2. The Hall–Kier alpha value is -1.63. The molecular formula is C25H41N3O3. The van der Waals surface area contributed by atoms with E-state index >= 15 is 0 Å². The van der Waals surface area contributed by atoms with Crippen molar-refractivity contribution in [2.45, 2.75) is 83.6 Å². The van der Waals surface area contributed by atoms with E-state index in [1.54, 1.807) is 0 Å². The highest BCUT2D eigenvalue weighted by Gasteiger charge is 2.14. The van der Waals surface area contributed by atoms with E-state index in [1.807, 2.05) is 0 Å². The molecule has 0 amide bonds. The molecule has 0 unspecified atom stereocenters. The van der Waals surface area contributed by atoms with Crippen LogP contribution in [0.4, 0.5) is 0 Å². The van der Waals surface area contributed by atoms with Crippen LogP contribution in [0.2, 0.25) is 0 Å². The van der Waals surface area contributed by atoms with Gasteiger partial charge in [0.15, 0.2) is 5.96 Å². The van der Waals surface area contributed by atoms with Crippen LogP contribution >= 0.6 is 0 Å². The van der Waals surface area contributed by atoms with E-state index < -0.39 is 0 Å². The molecule has 6 nitrogen and oxygen atoms in total. The molecule has 174 valence electrons. The minimum Gasteiger partial charge on any atom is -0.381 e. The van der Waals surface area contributed by atoms with Crippen molar-refractivity contribution >= 4 is 5.96 Å². The summed E-state index contributed by atoms with van der Waals surface area (Å²) in [6, 6.07) is 8.55. The molecule has 0 spiro atoms. The Morgan fingerprint density at radius 3 is 2.58 bits per heavy atom. The maximum atomic E-state index is 6.06. The third-order valence-corrected chi connectivity index (χ3v) is 5.93. The number of nitrogens with zero attached hydrogens (tertiary/aromatic N) is 1. The van der Waals surface area contributed by atoms with Crippen LogP contribution in [0.5, 0.6) is 0 Å². The highest BCUT2D eigenvalue weighted by molar-refractivity contribution is 5.79. The topological polar surface area (TPSA) is 64.1 Å². The molecule has 1 saturated heterocycles. The van der Waals surface area contributed by atoms with Gasteiger partial charge >= 0.3 is 0 Å². The van der Waals surface area contributed by atoms with Crippen molar-refractivity contribution in [2.75, 3.05) is 32.9 Å². The minimum atomic E-state index is 0.321. The smallest absolute Gasteiger partial charge is 0.191 e. The Bertz CT molecular complexity index is 641. The van der Waals surface area contributed by atoms with E-state index in [-0.39, 0.29) is 0 Å². The predicted octanol–water partition coefficient (Wildman–Crippen LogP) is 4.18. The van der Waals surface area contributed by atoms with Gasteiger partial charge in [-0.15, -0.1) is 0 Å². The molecule has 0 radical (unpaired) electrons. The molecule has 2 N–H and O–H groups in total. The highest BCUT2D eigenvalue weighted by atomic mass is 16.5. The molecule has 1 saturated carbocycles. The molecule has 1 aliphatic heterocycles. The number of aliphatic imine (C=N–C) groups is 1. The number of hydrogen-bond donors (Lipinski definition) is 2. The van der Waals surface area contributed by atoms with Crippen LogP contribution in [0, 0.1) is 0 Å². The fraction of sp³-hybridized carbons (Fsp3) is 0.720. The fourth-order valence-electron chi connectivity index (χ4n) is 4.15. The van der Waals surface area contributed by atoms with E-state index in [0.29, 0.717) is 25.4 Å². The summed E-state index contributed by atoms with van der Waals surface area (Å²) in [5.41, 5.74) is 2.41. The molecule has 2 aliphatic rings. The molecule has 2 fully saturated rings. The van der Waals surface area contributed by atoms with Gasteiger partial charge in [-0.25, -0.2) is 4.99 Å². The van der Waals surface area contributed by atoms with Crippen molar-refractivity contribution in [1.82, 2.24) is 10.6 Å². The predicted molar refractivity (Wildman–Crippen MR) is 125 cm³/mol. The summed E-state index contributed by atoms with van der Waals surface area (Å²) in [4.78, 5) is 4.76. The second kappa shape index (κ2) is 14.4. The third-order valence-electron chi connectivity index (χ3n) is 5.93. The summed E-state index contributed by atoms with van der Waals surface area (Å²) in [5.74, 6) is 0.865. The summed E-state index contributed by atoms with van der Waals surface area (Å²) < 4.78 is 17.5. The van der Waals surface area contributed by atoms with Gasteiger partial charge in [0.1, 0.15) is 0 Å². The number of hydrogen-bond acceptors (Lipinski definition) is 4. The number of rotatable bonds is 11. The molecule has 31 heavy (non-hydrogen) atoms. The summed E-state index contributed by atoms with van der Waals surface area (Å²) in [6.45, 7) is 7.57. The quantitative estimate of drug-likeness (QED) is 0.313. The van der Waals surface area contributed by atoms with E-state index in [0.717, 1.165) is 58.1 Å². The lowest BCUT2D eigenvalue weighted by atomic mass is 9.98. The van der Waals surface area contributed by atoms with Crippen molar-refractivity contribution < 1.29 is 14.2 Å². The lowest BCUT2D eigenvalue weighted by molar-refractivity contribution is -0.0390. The Balaban J connectivity index is 1.38. The van der Waals surface area contributed by atoms with Crippen LogP contribution in [0.15, 0.2) is 29.3 Å². The Labute approximate surface area is 188 Å². The second-order valence-electron chi connectivity index (χ2n) is 8.55. The van der Waals surface area contributed by atoms with Gasteiger partial charge < -0.3 is 24.8 Å². The van der Waals surface area contributed by atoms with E-state index in [1.165, 1.54) is 43.2 Å². The van der Waals surface area contributed by atoms with Crippen molar-refractivity contribution in [3.8, 4) is 0 Å². The van der Waals surface area contributed by atoms with Crippen molar-refractivity contribution in [3.63, 3.8) is 0 Å². The monoisotopic (exact) mass is 431 g/mol. The van der Waals surface area contributed by atoms with Crippen molar-refractivity contribution in [2.24, 2.45) is 4.99 Å². The largest absolute Gasteiger partial charge is 0.381 e. The van der Waals surface area contributed by atoms with Gasteiger partial charge in [0.25, 0.3) is 0 Å². The van der Waals surface area contributed by atoms with Gasteiger partial charge in [-0.05, 0) is 50.2 Å². The molecule has 1 heterocycles.